The molecule has 0 aliphatic carbocycles. The van der Waals surface area contributed by atoms with Crippen LogP contribution >= 0.6 is 0 Å². The van der Waals surface area contributed by atoms with Crippen LogP contribution in [0, 0.1) is 0 Å². The van der Waals surface area contributed by atoms with Gasteiger partial charge < -0.3 is 20.7 Å². The summed E-state index contributed by atoms with van der Waals surface area (Å²) in [5.74, 6) is -0.663. The van der Waals surface area contributed by atoms with Crippen LogP contribution in [0.4, 0.5) is 24.5 Å². The van der Waals surface area contributed by atoms with Crippen LogP contribution in [0.1, 0.15) is 22.3 Å². The molecule has 0 spiro atoms. The number of amides is 2. The van der Waals surface area contributed by atoms with Crippen molar-refractivity contribution in [1.29, 1.82) is 0 Å². The predicted molar refractivity (Wildman–Crippen MR) is 104 cm³/mol. The molecule has 0 aromatic heterocycles. The van der Waals surface area contributed by atoms with Crippen LogP contribution < -0.4 is 16.0 Å². The van der Waals surface area contributed by atoms with Crippen molar-refractivity contribution in [2.24, 2.45) is 0 Å². The van der Waals surface area contributed by atoms with E-state index in [1.807, 2.05) is 0 Å². The maximum Gasteiger partial charge on any atom is 0.416 e. The molecule has 0 saturated carbocycles. The highest BCUT2D eigenvalue weighted by Gasteiger charge is 2.30. The Labute approximate surface area is 166 Å². The Balaban J connectivity index is 1.83. The number of hydrogen-bond donors (Lipinski definition) is 3. The minimum absolute atomic E-state index is 0.190. The SMILES string of the molecule is COCCCNC(=O)c1ccc(NC(=O)CNc2cccc(C(F)(F)F)c2)cc1. The zero-order chi connectivity index (χ0) is 21.3. The lowest BCUT2D eigenvalue weighted by Crippen LogP contribution is -2.25. The van der Waals surface area contributed by atoms with Gasteiger partial charge in [-0.25, -0.2) is 0 Å². The van der Waals surface area contributed by atoms with Crippen LogP contribution in [-0.2, 0) is 15.7 Å². The number of halogens is 3. The fourth-order valence-electron chi connectivity index (χ4n) is 2.42. The second-order valence-corrected chi connectivity index (χ2v) is 6.16. The fourth-order valence-corrected chi connectivity index (χ4v) is 2.42. The van der Waals surface area contributed by atoms with Gasteiger partial charge in [0, 0.05) is 37.2 Å². The molecule has 9 heteroatoms. The molecule has 0 aliphatic heterocycles. The average Bonchev–Trinajstić information content (AvgIpc) is 2.70. The average molecular weight is 409 g/mol. The number of alkyl halides is 3. The molecule has 2 aromatic rings. The summed E-state index contributed by atoms with van der Waals surface area (Å²) < 4.78 is 43.0. The zero-order valence-electron chi connectivity index (χ0n) is 15.8. The molecule has 2 rings (SSSR count). The number of nitrogens with one attached hydrogen (secondary N) is 3. The largest absolute Gasteiger partial charge is 0.416 e. The third-order valence-corrected chi connectivity index (χ3v) is 3.88. The molecule has 0 saturated heterocycles. The molecule has 0 aliphatic rings. The van der Waals surface area contributed by atoms with Crippen molar-refractivity contribution >= 4 is 23.2 Å². The Bertz CT molecular complexity index is 824. The van der Waals surface area contributed by atoms with Gasteiger partial charge in [-0.2, -0.15) is 13.2 Å². The van der Waals surface area contributed by atoms with E-state index < -0.39 is 17.6 Å². The molecule has 156 valence electrons. The Morgan fingerprint density at radius 2 is 1.76 bits per heavy atom. The number of benzene rings is 2. The first kappa shape index (κ1) is 22.2. The number of rotatable bonds is 9. The summed E-state index contributed by atoms with van der Waals surface area (Å²) in [6.45, 7) is 0.842. The lowest BCUT2D eigenvalue weighted by atomic mass is 10.2. The van der Waals surface area contributed by atoms with Gasteiger partial charge in [-0.3, -0.25) is 9.59 Å². The molecular weight excluding hydrogens is 387 g/mol. The summed E-state index contributed by atoms with van der Waals surface area (Å²) >= 11 is 0. The fraction of sp³-hybridized carbons (Fsp3) is 0.300. The van der Waals surface area contributed by atoms with Gasteiger partial charge in [0.25, 0.3) is 5.91 Å². The van der Waals surface area contributed by atoms with Crippen LogP contribution in [0.25, 0.3) is 0 Å². The highest BCUT2D eigenvalue weighted by atomic mass is 19.4. The van der Waals surface area contributed by atoms with E-state index in [2.05, 4.69) is 16.0 Å². The van der Waals surface area contributed by atoms with Crippen LogP contribution in [0.5, 0.6) is 0 Å². The lowest BCUT2D eigenvalue weighted by molar-refractivity contribution is -0.137. The van der Waals surface area contributed by atoms with E-state index in [9.17, 15) is 22.8 Å². The smallest absolute Gasteiger partial charge is 0.385 e. The quantitative estimate of drug-likeness (QED) is 0.554. The van der Waals surface area contributed by atoms with Crippen LogP contribution in [0.2, 0.25) is 0 Å². The normalized spacial score (nSPS) is 11.0. The van der Waals surface area contributed by atoms with Crippen molar-refractivity contribution in [3.05, 3.63) is 59.7 Å². The van der Waals surface area contributed by atoms with Gasteiger partial charge in [-0.15, -0.1) is 0 Å². The first-order chi connectivity index (χ1) is 13.8. The maximum absolute atomic E-state index is 12.7. The number of hydrogen-bond acceptors (Lipinski definition) is 4. The van der Waals surface area contributed by atoms with Crippen molar-refractivity contribution in [1.82, 2.24) is 5.32 Å². The molecule has 2 amide bonds. The molecule has 0 heterocycles. The third-order valence-electron chi connectivity index (χ3n) is 3.88. The molecule has 0 unspecified atom stereocenters. The number of ether oxygens (including phenoxy) is 1. The second-order valence-electron chi connectivity index (χ2n) is 6.16. The standard InChI is InChI=1S/C20H22F3N3O3/c1-29-11-3-10-24-19(28)14-6-8-16(9-7-14)26-18(27)13-25-17-5-2-4-15(12-17)20(21,22)23/h2,4-9,12,25H,3,10-11,13H2,1H3,(H,24,28)(H,26,27). The maximum atomic E-state index is 12.7. The minimum atomic E-state index is -4.45. The first-order valence-electron chi connectivity index (χ1n) is 8.88. The van der Waals surface area contributed by atoms with E-state index in [0.717, 1.165) is 12.1 Å². The number of methoxy groups -OCH3 is 1. The monoisotopic (exact) mass is 409 g/mol. The van der Waals surface area contributed by atoms with E-state index in [1.165, 1.54) is 12.1 Å². The van der Waals surface area contributed by atoms with Gasteiger partial charge >= 0.3 is 6.18 Å². The highest BCUT2D eigenvalue weighted by Crippen LogP contribution is 2.30. The van der Waals surface area contributed by atoms with Crippen molar-refractivity contribution in [3.63, 3.8) is 0 Å². The summed E-state index contributed by atoms with van der Waals surface area (Å²) in [6, 6.07) is 10.9. The van der Waals surface area contributed by atoms with Gasteiger partial charge in [-0.05, 0) is 48.9 Å². The van der Waals surface area contributed by atoms with Crippen molar-refractivity contribution in [2.75, 3.05) is 37.4 Å². The van der Waals surface area contributed by atoms with E-state index in [0.29, 0.717) is 30.8 Å². The van der Waals surface area contributed by atoms with E-state index in [4.69, 9.17) is 4.74 Å². The molecule has 6 nitrogen and oxygen atoms in total. The zero-order valence-corrected chi connectivity index (χ0v) is 15.8. The molecule has 0 radical (unpaired) electrons. The summed E-state index contributed by atoms with van der Waals surface area (Å²) in [5, 5.41) is 8.02. The third kappa shape index (κ3) is 7.46. The molecule has 2 aromatic carbocycles. The first-order valence-corrected chi connectivity index (χ1v) is 8.88. The van der Waals surface area contributed by atoms with Crippen molar-refractivity contribution in [2.45, 2.75) is 12.6 Å². The molecular formula is C20H22F3N3O3. The Morgan fingerprint density at radius 3 is 2.41 bits per heavy atom. The molecule has 0 atom stereocenters. The molecule has 29 heavy (non-hydrogen) atoms. The summed E-state index contributed by atoms with van der Waals surface area (Å²) in [5.41, 5.74) is 0.314. The minimum Gasteiger partial charge on any atom is -0.385 e. The van der Waals surface area contributed by atoms with E-state index in [-0.39, 0.29) is 18.1 Å². The van der Waals surface area contributed by atoms with Crippen LogP contribution in [0.3, 0.4) is 0 Å². The van der Waals surface area contributed by atoms with Gasteiger partial charge in [-0.1, -0.05) is 6.07 Å². The summed E-state index contributed by atoms with van der Waals surface area (Å²) in [4.78, 5) is 24.0. The molecule has 3 N–H and O–H groups in total. The lowest BCUT2D eigenvalue weighted by Gasteiger charge is -2.11. The van der Waals surface area contributed by atoms with Gasteiger partial charge in [0.1, 0.15) is 0 Å². The Hall–Kier alpha value is -3.07. The summed E-state index contributed by atoms with van der Waals surface area (Å²) in [6.07, 6.45) is -3.74. The number of anilines is 2. The van der Waals surface area contributed by atoms with Crippen LogP contribution in [0.15, 0.2) is 48.5 Å². The predicted octanol–water partition coefficient (Wildman–Crippen LogP) is 3.52. The van der Waals surface area contributed by atoms with Gasteiger partial charge in [0.2, 0.25) is 5.91 Å². The topological polar surface area (TPSA) is 79.5 Å². The van der Waals surface area contributed by atoms with Gasteiger partial charge in [0.15, 0.2) is 0 Å². The van der Waals surface area contributed by atoms with Crippen molar-refractivity contribution in [3.8, 4) is 0 Å². The Kier molecular flexibility index (Phi) is 8.02. The highest BCUT2D eigenvalue weighted by molar-refractivity contribution is 5.96. The van der Waals surface area contributed by atoms with Gasteiger partial charge in [0.05, 0.1) is 12.1 Å². The number of carbonyl (C=O) groups is 2. The van der Waals surface area contributed by atoms with Crippen LogP contribution in [-0.4, -0.2) is 38.6 Å². The molecule has 0 fully saturated rings. The molecule has 0 bridgehead atoms. The Morgan fingerprint density at radius 1 is 1.03 bits per heavy atom. The summed E-state index contributed by atoms with van der Waals surface area (Å²) in [7, 11) is 1.59. The number of carbonyl (C=O) groups excluding carboxylic acids is 2. The second kappa shape index (κ2) is 10.5. The van der Waals surface area contributed by atoms with E-state index in [1.54, 1.807) is 31.4 Å². The van der Waals surface area contributed by atoms with Crippen molar-refractivity contribution < 1.29 is 27.5 Å². The van der Waals surface area contributed by atoms with E-state index >= 15 is 0 Å².